The molecule has 0 saturated carbocycles. The molecule has 1 aliphatic heterocycles. The molecule has 5 rings (SSSR count). The molecule has 1 aliphatic rings. The second-order valence-electron chi connectivity index (χ2n) is 10.2. The molecule has 0 atom stereocenters. The van der Waals surface area contributed by atoms with Crippen LogP contribution in [0.1, 0.15) is 19.4 Å². The Morgan fingerprint density at radius 1 is 0.974 bits per heavy atom. The lowest BCUT2D eigenvalue weighted by Crippen LogP contribution is -2.44. The van der Waals surface area contributed by atoms with E-state index in [2.05, 4.69) is 80.7 Å². The van der Waals surface area contributed by atoms with Crippen molar-refractivity contribution in [3.8, 4) is 17.0 Å². The minimum atomic E-state index is -0.320. The number of anilines is 1. The van der Waals surface area contributed by atoms with E-state index in [1.807, 2.05) is 30.3 Å². The Morgan fingerprint density at radius 2 is 1.72 bits per heavy atom. The Bertz CT molecular complexity index is 1490. The number of H-pyrrole nitrogens is 1. The average molecular weight is 527 g/mol. The summed E-state index contributed by atoms with van der Waals surface area (Å²) < 4.78 is 2.20. The highest BCUT2D eigenvalue weighted by Crippen LogP contribution is 2.28. The SMILES string of the molecule is CCN(CC)CCn1ccc(-c2ccc3c(=O)[nH]c(O)c(C=Nc4ccc(N5CCN(C)CC5)cc4)c3c2)c1. The number of piperazine rings is 1. The van der Waals surface area contributed by atoms with Crippen LogP contribution in [-0.2, 0) is 6.54 Å². The molecule has 0 aliphatic carbocycles. The van der Waals surface area contributed by atoms with E-state index in [9.17, 15) is 9.90 Å². The number of aromatic hydroxyl groups is 1. The first-order chi connectivity index (χ1) is 18.9. The molecule has 1 saturated heterocycles. The molecule has 39 heavy (non-hydrogen) atoms. The molecule has 0 bridgehead atoms. The van der Waals surface area contributed by atoms with Gasteiger partial charge < -0.3 is 24.4 Å². The molecule has 1 fully saturated rings. The van der Waals surface area contributed by atoms with Gasteiger partial charge in [-0.15, -0.1) is 0 Å². The van der Waals surface area contributed by atoms with Crippen molar-refractivity contribution in [1.29, 1.82) is 0 Å². The van der Waals surface area contributed by atoms with E-state index in [-0.39, 0.29) is 11.4 Å². The fraction of sp³-hybridized carbons (Fsp3) is 0.355. The Balaban J connectivity index is 1.39. The van der Waals surface area contributed by atoms with Crippen molar-refractivity contribution in [3.05, 3.63) is 76.8 Å². The summed E-state index contributed by atoms with van der Waals surface area (Å²) in [4.78, 5) is 26.9. The van der Waals surface area contributed by atoms with Gasteiger partial charge in [-0.05, 0) is 73.7 Å². The summed E-state index contributed by atoms with van der Waals surface area (Å²) in [5.74, 6) is -0.181. The van der Waals surface area contributed by atoms with Crippen molar-refractivity contribution in [2.75, 3.05) is 57.8 Å². The van der Waals surface area contributed by atoms with Gasteiger partial charge in [0.15, 0.2) is 0 Å². The van der Waals surface area contributed by atoms with Gasteiger partial charge in [0.25, 0.3) is 5.56 Å². The lowest BCUT2D eigenvalue weighted by atomic mass is 10.0. The van der Waals surface area contributed by atoms with Crippen molar-refractivity contribution in [2.24, 2.45) is 4.99 Å². The van der Waals surface area contributed by atoms with E-state index < -0.39 is 0 Å². The molecule has 204 valence electrons. The Kier molecular flexibility index (Phi) is 8.14. The number of nitrogens with zero attached hydrogens (tertiary/aromatic N) is 5. The van der Waals surface area contributed by atoms with E-state index >= 15 is 0 Å². The first-order valence-electron chi connectivity index (χ1n) is 13.8. The molecular weight excluding hydrogens is 488 g/mol. The van der Waals surface area contributed by atoms with Gasteiger partial charge in [-0.3, -0.25) is 14.8 Å². The predicted molar refractivity (Wildman–Crippen MR) is 161 cm³/mol. The van der Waals surface area contributed by atoms with Crippen LogP contribution >= 0.6 is 0 Å². The Morgan fingerprint density at radius 3 is 2.44 bits per heavy atom. The molecule has 3 heterocycles. The van der Waals surface area contributed by atoms with Crippen LogP contribution in [0.2, 0.25) is 0 Å². The molecule has 0 spiro atoms. The fourth-order valence-corrected chi connectivity index (χ4v) is 5.15. The van der Waals surface area contributed by atoms with Crippen LogP contribution in [0.3, 0.4) is 0 Å². The number of rotatable bonds is 9. The molecule has 8 nitrogen and oxygen atoms in total. The zero-order valence-electron chi connectivity index (χ0n) is 23.1. The predicted octanol–water partition coefficient (Wildman–Crippen LogP) is 4.55. The van der Waals surface area contributed by atoms with Gasteiger partial charge >= 0.3 is 0 Å². The number of aromatic amines is 1. The molecule has 0 unspecified atom stereocenters. The quantitative estimate of drug-likeness (QED) is 0.313. The number of hydrogen-bond acceptors (Lipinski definition) is 6. The average Bonchev–Trinajstić information content (AvgIpc) is 3.43. The highest BCUT2D eigenvalue weighted by molar-refractivity contribution is 6.03. The van der Waals surface area contributed by atoms with Gasteiger partial charge in [-0.1, -0.05) is 19.9 Å². The highest BCUT2D eigenvalue weighted by Gasteiger charge is 2.14. The maximum Gasteiger partial charge on any atom is 0.258 e. The third-order valence-electron chi connectivity index (χ3n) is 7.75. The number of benzene rings is 2. The molecule has 8 heteroatoms. The van der Waals surface area contributed by atoms with Gasteiger partial charge in [-0.2, -0.15) is 0 Å². The van der Waals surface area contributed by atoms with Gasteiger partial charge in [0.2, 0.25) is 5.88 Å². The summed E-state index contributed by atoms with van der Waals surface area (Å²) in [6, 6.07) is 16.0. The second-order valence-corrected chi connectivity index (χ2v) is 10.2. The lowest BCUT2D eigenvalue weighted by Gasteiger charge is -2.34. The third kappa shape index (κ3) is 6.08. The lowest BCUT2D eigenvalue weighted by molar-refractivity contribution is 0.291. The highest BCUT2D eigenvalue weighted by atomic mass is 16.3. The summed E-state index contributed by atoms with van der Waals surface area (Å²) in [5.41, 5.74) is 4.20. The second kappa shape index (κ2) is 11.9. The van der Waals surface area contributed by atoms with E-state index in [1.165, 1.54) is 5.69 Å². The summed E-state index contributed by atoms with van der Waals surface area (Å²) in [6.07, 6.45) is 5.86. The van der Waals surface area contributed by atoms with Crippen LogP contribution in [0, 0.1) is 0 Å². The molecule has 0 radical (unpaired) electrons. The molecule has 2 N–H and O–H groups in total. The smallest absolute Gasteiger partial charge is 0.258 e. The first kappa shape index (κ1) is 26.7. The monoisotopic (exact) mass is 526 g/mol. The number of nitrogens with one attached hydrogen (secondary N) is 1. The molecule has 4 aromatic rings. The molecular formula is C31H38N6O2. The van der Waals surface area contributed by atoms with Gasteiger partial charge in [0.05, 0.1) is 11.3 Å². The van der Waals surface area contributed by atoms with E-state index in [1.54, 1.807) is 6.21 Å². The van der Waals surface area contributed by atoms with Crippen molar-refractivity contribution in [2.45, 2.75) is 20.4 Å². The van der Waals surface area contributed by atoms with Gasteiger partial charge in [-0.25, -0.2) is 0 Å². The number of aliphatic imine (C=N–C) groups is 1. The summed E-state index contributed by atoms with van der Waals surface area (Å²) in [7, 11) is 2.15. The molecule has 2 aromatic carbocycles. The standard InChI is InChI=1S/C31H38N6O2/c1-4-35(5-2)16-17-36-13-12-24(22-36)23-6-11-27-28(20-23)29(31(39)33-30(27)38)21-32-25-7-9-26(10-8-25)37-18-14-34(3)15-19-37/h6-13,20-22H,4-5,14-19H2,1-3H3,(H2,33,38,39). The Labute approximate surface area is 229 Å². The zero-order chi connectivity index (χ0) is 27.4. The van der Waals surface area contributed by atoms with E-state index in [0.717, 1.165) is 69.2 Å². The van der Waals surface area contributed by atoms with Crippen LogP contribution in [0.15, 0.2) is 70.7 Å². The topological polar surface area (TPSA) is 80.1 Å². The van der Waals surface area contributed by atoms with Crippen LogP contribution in [0.5, 0.6) is 5.88 Å². The van der Waals surface area contributed by atoms with Crippen LogP contribution < -0.4 is 10.5 Å². The van der Waals surface area contributed by atoms with Crippen molar-refractivity contribution in [3.63, 3.8) is 0 Å². The Hall–Kier alpha value is -3.88. The van der Waals surface area contributed by atoms with E-state index in [4.69, 9.17) is 0 Å². The maximum atomic E-state index is 12.6. The van der Waals surface area contributed by atoms with Gasteiger partial charge in [0, 0.05) is 74.3 Å². The minimum Gasteiger partial charge on any atom is -0.494 e. The van der Waals surface area contributed by atoms with Crippen LogP contribution in [-0.4, -0.2) is 83.5 Å². The van der Waals surface area contributed by atoms with Gasteiger partial charge in [0.1, 0.15) is 0 Å². The van der Waals surface area contributed by atoms with E-state index in [0.29, 0.717) is 16.3 Å². The van der Waals surface area contributed by atoms with Crippen molar-refractivity contribution in [1.82, 2.24) is 19.4 Å². The normalized spacial score (nSPS) is 14.7. The van der Waals surface area contributed by atoms with Crippen LogP contribution in [0.25, 0.3) is 21.9 Å². The zero-order valence-corrected chi connectivity index (χ0v) is 23.1. The summed E-state index contributed by atoms with van der Waals surface area (Å²) in [6.45, 7) is 12.5. The largest absolute Gasteiger partial charge is 0.494 e. The number of hydrogen-bond donors (Lipinski definition) is 2. The van der Waals surface area contributed by atoms with Crippen molar-refractivity contribution >= 4 is 28.4 Å². The van der Waals surface area contributed by atoms with Crippen LogP contribution in [0.4, 0.5) is 11.4 Å². The maximum absolute atomic E-state index is 12.6. The fourth-order valence-electron chi connectivity index (χ4n) is 5.15. The first-order valence-corrected chi connectivity index (χ1v) is 13.8. The molecule has 0 amide bonds. The summed E-state index contributed by atoms with van der Waals surface area (Å²) >= 11 is 0. The number of aromatic nitrogens is 2. The van der Waals surface area contributed by atoms with Crippen molar-refractivity contribution < 1.29 is 5.11 Å². The molecule has 2 aromatic heterocycles. The minimum absolute atomic E-state index is 0.181. The summed E-state index contributed by atoms with van der Waals surface area (Å²) in [5, 5.41) is 11.9. The number of likely N-dealkylation sites (N-methyl/N-ethyl adjacent to an activating group) is 2. The number of fused-ring (bicyclic) bond motifs is 1. The third-order valence-corrected chi connectivity index (χ3v) is 7.75. The number of pyridine rings is 1.